The highest BCUT2D eigenvalue weighted by Crippen LogP contribution is 2.16. The maximum atomic E-state index is 12.4. The molecule has 1 aromatic heterocycles. The van der Waals surface area contributed by atoms with E-state index in [4.69, 9.17) is 0 Å². The molecular formula is C24H26N4O2. The van der Waals surface area contributed by atoms with Crippen LogP contribution in [0.25, 0.3) is 10.9 Å². The Bertz CT molecular complexity index is 1060. The quantitative estimate of drug-likeness (QED) is 0.586. The Morgan fingerprint density at radius 1 is 0.967 bits per heavy atom. The Morgan fingerprint density at radius 3 is 2.63 bits per heavy atom. The third-order valence-corrected chi connectivity index (χ3v) is 5.34. The minimum absolute atomic E-state index is 0.0906. The largest absolute Gasteiger partial charge is 0.356 e. The number of carbonyl (C=O) groups excluding carboxylic acids is 2. The molecule has 1 aliphatic rings. The molecule has 0 atom stereocenters. The Hall–Kier alpha value is -3.41. The molecule has 0 radical (unpaired) electrons. The number of rotatable bonds is 8. The van der Waals surface area contributed by atoms with Gasteiger partial charge in [0.1, 0.15) is 0 Å². The van der Waals surface area contributed by atoms with Crippen LogP contribution in [0.5, 0.6) is 0 Å². The highest BCUT2D eigenvalue weighted by atomic mass is 16.2. The van der Waals surface area contributed by atoms with E-state index in [1.807, 2.05) is 42.5 Å². The van der Waals surface area contributed by atoms with Crippen LogP contribution in [-0.2, 0) is 16.1 Å². The van der Waals surface area contributed by atoms with Gasteiger partial charge in [-0.1, -0.05) is 48.5 Å². The van der Waals surface area contributed by atoms with E-state index in [1.165, 1.54) is 15.9 Å². The number of amides is 2. The van der Waals surface area contributed by atoms with E-state index in [0.29, 0.717) is 13.1 Å². The Morgan fingerprint density at radius 2 is 1.77 bits per heavy atom. The van der Waals surface area contributed by atoms with Crippen LogP contribution in [0.15, 0.2) is 72.0 Å². The first-order valence-electron chi connectivity index (χ1n) is 10.4. The number of hydrogen-bond acceptors (Lipinski definition) is 3. The Kier molecular flexibility index (Phi) is 6.23. The van der Waals surface area contributed by atoms with Gasteiger partial charge < -0.3 is 9.88 Å². The second-order valence-electron chi connectivity index (χ2n) is 7.45. The van der Waals surface area contributed by atoms with Gasteiger partial charge in [-0.15, -0.1) is 0 Å². The third-order valence-electron chi connectivity index (χ3n) is 5.34. The average molecular weight is 402 g/mol. The van der Waals surface area contributed by atoms with Crippen LogP contribution in [0, 0.1) is 0 Å². The first-order valence-corrected chi connectivity index (χ1v) is 10.4. The van der Waals surface area contributed by atoms with Crippen molar-refractivity contribution < 1.29 is 9.59 Å². The van der Waals surface area contributed by atoms with E-state index in [9.17, 15) is 9.59 Å². The molecule has 0 aliphatic carbocycles. The fraction of sp³-hybridized carbons (Fsp3) is 0.292. The number of para-hydroxylation sites is 1. The summed E-state index contributed by atoms with van der Waals surface area (Å²) in [7, 11) is 0. The molecular weight excluding hydrogens is 376 g/mol. The zero-order valence-electron chi connectivity index (χ0n) is 17.0. The molecule has 4 rings (SSSR count). The van der Waals surface area contributed by atoms with Crippen molar-refractivity contribution in [2.24, 2.45) is 5.10 Å². The lowest BCUT2D eigenvalue weighted by molar-refractivity contribution is -0.133. The Labute approximate surface area is 176 Å². The smallest absolute Gasteiger partial charge is 0.243 e. The van der Waals surface area contributed by atoms with Crippen molar-refractivity contribution >= 4 is 28.4 Å². The summed E-state index contributed by atoms with van der Waals surface area (Å²) >= 11 is 0. The molecule has 2 amide bonds. The number of aromatic nitrogens is 1. The summed E-state index contributed by atoms with van der Waals surface area (Å²) in [5.41, 5.74) is 3.17. The van der Waals surface area contributed by atoms with Crippen LogP contribution in [0.4, 0.5) is 0 Å². The molecule has 1 aliphatic heterocycles. The molecule has 6 nitrogen and oxygen atoms in total. The summed E-state index contributed by atoms with van der Waals surface area (Å²) in [5.74, 6) is -0.193. The molecule has 0 saturated heterocycles. The van der Waals surface area contributed by atoms with Gasteiger partial charge in [0.25, 0.3) is 0 Å². The number of fused-ring (bicyclic) bond motifs is 1. The molecule has 3 aromatic rings. The van der Waals surface area contributed by atoms with E-state index < -0.39 is 0 Å². The minimum Gasteiger partial charge on any atom is -0.356 e. The number of hydrogen-bond donors (Lipinski definition) is 1. The third kappa shape index (κ3) is 4.76. The van der Waals surface area contributed by atoms with Crippen LogP contribution < -0.4 is 5.32 Å². The summed E-state index contributed by atoms with van der Waals surface area (Å²) in [6.07, 6.45) is 4.04. The van der Waals surface area contributed by atoms with Crippen molar-refractivity contribution in [1.82, 2.24) is 14.9 Å². The van der Waals surface area contributed by atoms with Gasteiger partial charge in [0.15, 0.2) is 0 Å². The molecule has 30 heavy (non-hydrogen) atoms. The zero-order valence-corrected chi connectivity index (χ0v) is 17.0. The number of nitrogens with zero attached hydrogens (tertiary/aromatic N) is 3. The normalized spacial score (nSPS) is 13.5. The second kappa shape index (κ2) is 9.39. The molecule has 6 heteroatoms. The van der Waals surface area contributed by atoms with Gasteiger partial charge in [0.05, 0.1) is 12.3 Å². The van der Waals surface area contributed by atoms with Gasteiger partial charge in [-0.2, -0.15) is 5.10 Å². The van der Waals surface area contributed by atoms with Crippen LogP contribution >= 0.6 is 0 Å². The van der Waals surface area contributed by atoms with Gasteiger partial charge in [-0.25, -0.2) is 5.01 Å². The summed E-state index contributed by atoms with van der Waals surface area (Å²) in [6.45, 7) is 2.02. The van der Waals surface area contributed by atoms with E-state index in [1.54, 1.807) is 0 Å². The second-order valence-corrected chi connectivity index (χ2v) is 7.45. The SMILES string of the molecule is O=C(CCC(=O)N1CCC(c2ccccc2)=N1)NCCCn1ccc2ccccc21. The topological polar surface area (TPSA) is 66.7 Å². The molecule has 0 fully saturated rings. The number of hydrazone groups is 1. The Balaban J connectivity index is 1.17. The maximum absolute atomic E-state index is 12.4. The molecule has 2 heterocycles. The standard InChI is InChI=1S/C24H26N4O2/c29-23(25-15-6-16-27-17-13-20-9-4-5-10-22(20)27)11-12-24(30)28-18-14-21(26-28)19-7-2-1-3-8-19/h1-5,7-10,13,17H,6,11-12,14-16,18H2,(H,25,29). The molecule has 0 bridgehead atoms. The molecule has 0 saturated carbocycles. The molecule has 0 spiro atoms. The first-order chi connectivity index (χ1) is 14.7. The van der Waals surface area contributed by atoms with E-state index >= 15 is 0 Å². The number of benzene rings is 2. The fourth-order valence-corrected chi connectivity index (χ4v) is 3.72. The lowest BCUT2D eigenvalue weighted by Crippen LogP contribution is -2.28. The number of carbonyl (C=O) groups is 2. The molecule has 1 N–H and O–H groups in total. The van der Waals surface area contributed by atoms with E-state index in [0.717, 1.165) is 30.7 Å². The summed E-state index contributed by atoms with van der Waals surface area (Å²) in [4.78, 5) is 24.5. The van der Waals surface area contributed by atoms with Crippen LogP contribution in [0.3, 0.4) is 0 Å². The molecule has 154 valence electrons. The van der Waals surface area contributed by atoms with Crippen LogP contribution in [0.2, 0.25) is 0 Å². The number of nitrogens with one attached hydrogen (secondary N) is 1. The van der Waals surface area contributed by atoms with Gasteiger partial charge in [-0.3, -0.25) is 9.59 Å². The van der Waals surface area contributed by atoms with Gasteiger partial charge in [0, 0.05) is 44.1 Å². The minimum atomic E-state index is -0.102. The zero-order chi connectivity index (χ0) is 20.8. The summed E-state index contributed by atoms with van der Waals surface area (Å²) in [5, 5.41) is 10.1. The fourth-order valence-electron chi connectivity index (χ4n) is 3.72. The van der Waals surface area contributed by atoms with E-state index in [-0.39, 0.29) is 24.7 Å². The van der Waals surface area contributed by atoms with E-state index in [2.05, 4.69) is 39.4 Å². The highest BCUT2D eigenvalue weighted by molar-refractivity contribution is 6.02. The predicted octanol–water partition coefficient (Wildman–Crippen LogP) is 3.56. The van der Waals surface area contributed by atoms with Crippen molar-refractivity contribution in [3.8, 4) is 0 Å². The molecule has 0 unspecified atom stereocenters. The summed E-state index contributed by atoms with van der Waals surface area (Å²) in [6, 6.07) is 20.2. The van der Waals surface area contributed by atoms with Crippen molar-refractivity contribution in [3.63, 3.8) is 0 Å². The van der Waals surface area contributed by atoms with Crippen molar-refractivity contribution in [1.29, 1.82) is 0 Å². The van der Waals surface area contributed by atoms with Crippen molar-refractivity contribution in [2.75, 3.05) is 13.1 Å². The monoisotopic (exact) mass is 402 g/mol. The predicted molar refractivity (Wildman–Crippen MR) is 118 cm³/mol. The number of aryl methyl sites for hydroxylation is 1. The lowest BCUT2D eigenvalue weighted by atomic mass is 10.1. The average Bonchev–Trinajstić information content (AvgIpc) is 3.43. The van der Waals surface area contributed by atoms with Crippen molar-refractivity contribution in [2.45, 2.75) is 32.2 Å². The van der Waals surface area contributed by atoms with Gasteiger partial charge in [0.2, 0.25) is 11.8 Å². The highest BCUT2D eigenvalue weighted by Gasteiger charge is 2.21. The summed E-state index contributed by atoms with van der Waals surface area (Å²) < 4.78 is 2.20. The van der Waals surface area contributed by atoms with Gasteiger partial charge >= 0.3 is 0 Å². The maximum Gasteiger partial charge on any atom is 0.243 e. The van der Waals surface area contributed by atoms with Crippen LogP contribution in [-0.4, -0.2) is 40.2 Å². The van der Waals surface area contributed by atoms with Gasteiger partial charge in [-0.05, 0) is 29.5 Å². The van der Waals surface area contributed by atoms with Crippen LogP contribution in [0.1, 0.15) is 31.2 Å². The van der Waals surface area contributed by atoms with Crippen molar-refractivity contribution in [3.05, 3.63) is 72.4 Å². The molecule has 2 aromatic carbocycles. The lowest BCUT2D eigenvalue weighted by Gasteiger charge is -2.11. The first kappa shape index (κ1) is 19.9.